The van der Waals surface area contributed by atoms with Crippen LogP contribution in [0.5, 0.6) is 0 Å². The second kappa shape index (κ2) is 7.18. The minimum Gasteiger partial charge on any atom is -0.396 e. The number of nitrogens with one attached hydrogen (secondary N) is 2. The number of aliphatic hydroxyl groups excluding tert-OH is 1. The molecule has 2 aromatic rings. The largest absolute Gasteiger partial charge is 0.431 e. The average Bonchev–Trinajstić information content (AvgIpc) is 3.04. The van der Waals surface area contributed by atoms with Crippen molar-refractivity contribution in [3.8, 4) is 0 Å². The highest BCUT2D eigenvalue weighted by atomic mass is 19.4. The molecular formula is C21H24F3N3O2. The first-order valence-corrected chi connectivity index (χ1v) is 9.78. The zero-order valence-corrected chi connectivity index (χ0v) is 16.3. The van der Waals surface area contributed by atoms with E-state index in [4.69, 9.17) is 0 Å². The monoisotopic (exact) mass is 407 g/mol. The van der Waals surface area contributed by atoms with Crippen molar-refractivity contribution < 1.29 is 23.1 Å². The number of fused-ring (bicyclic) bond motifs is 2. The number of carbonyl (C=O) groups is 1. The number of aromatic amines is 1. The molecule has 2 unspecified atom stereocenters. The summed E-state index contributed by atoms with van der Waals surface area (Å²) in [7, 11) is 1.87. The molecule has 3 N–H and O–H groups in total. The van der Waals surface area contributed by atoms with E-state index in [9.17, 15) is 23.1 Å². The number of rotatable bonds is 4. The highest BCUT2D eigenvalue weighted by molar-refractivity contribution is 5.99. The van der Waals surface area contributed by atoms with E-state index in [-0.39, 0.29) is 31.0 Å². The number of alkyl halides is 3. The van der Waals surface area contributed by atoms with Crippen LogP contribution < -0.4 is 5.32 Å². The molecule has 3 atom stereocenters. The third-order valence-corrected chi connectivity index (χ3v) is 6.09. The number of carbonyl (C=O) groups excluding carboxylic acids is 1. The van der Waals surface area contributed by atoms with E-state index in [1.54, 1.807) is 12.1 Å². The summed E-state index contributed by atoms with van der Waals surface area (Å²) < 4.78 is 40.7. The van der Waals surface area contributed by atoms with Gasteiger partial charge < -0.3 is 15.4 Å². The lowest BCUT2D eigenvalue weighted by Gasteiger charge is -2.40. The number of aliphatic hydroxyl groups is 1. The van der Waals surface area contributed by atoms with Crippen LogP contribution in [-0.2, 0) is 17.4 Å². The number of nitrogens with zero attached hydrogens (tertiary/aromatic N) is 1. The Morgan fingerprint density at radius 3 is 2.83 bits per heavy atom. The Bertz CT molecular complexity index is 975. The molecule has 2 heterocycles. The third kappa shape index (κ3) is 3.34. The molecule has 0 saturated heterocycles. The standard InChI is InChI=1S/C21H24F3N3O2/c1-3-11(10-28)20(29)25-12-7-14-13-5-4-6-16-18(13)15(8-17(14)27(2)9-12)19(26-16)21(22,23)24/h4-7,11-12,17,26,28H,3,8-10H2,1-2H3,(H,25,29)/t11?,12?,17-/m1/s1. The van der Waals surface area contributed by atoms with Gasteiger partial charge in [0, 0.05) is 23.5 Å². The first-order valence-electron chi connectivity index (χ1n) is 9.78. The molecule has 0 bridgehead atoms. The molecule has 0 saturated carbocycles. The van der Waals surface area contributed by atoms with Crippen molar-refractivity contribution in [2.75, 3.05) is 20.2 Å². The van der Waals surface area contributed by atoms with Gasteiger partial charge >= 0.3 is 6.18 Å². The molecule has 5 nitrogen and oxygen atoms in total. The molecule has 1 aromatic heterocycles. The van der Waals surface area contributed by atoms with Gasteiger partial charge in [0.2, 0.25) is 5.91 Å². The van der Waals surface area contributed by atoms with Crippen LogP contribution in [0.4, 0.5) is 13.2 Å². The topological polar surface area (TPSA) is 68.4 Å². The van der Waals surface area contributed by atoms with Gasteiger partial charge in [-0.05, 0) is 42.7 Å². The van der Waals surface area contributed by atoms with Crippen LogP contribution in [0.3, 0.4) is 0 Å². The van der Waals surface area contributed by atoms with E-state index < -0.39 is 17.8 Å². The lowest BCUT2D eigenvalue weighted by Crippen LogP contribution is -2.51. The van der Waals surface area contributed by atoms with Gasteiger partial charge in [-0.15, -0.1) is 0 Å². The van der Waals surface area contributed by atoms with Crippen LogP contribution in [0.15, 0.2) is 24.3 Å². The summed E-state index contributed by atoms with van der Waals surface area (Å²) in [5.41, 5.74) is 1.83. The quantitative estimate of drug-likeness (QED) is 0.730. The Kier molecular flexibility index (Phi) is 4.94. The first kappa shape index (κ1) is 20.0. The van der Waals surface area contributed by atoms with Crippen LogP contribution in [0.25, 0.3) is 16.5 Å². The summed E-state index contributed by atoms with van der Waals surface area (Å²) in [4.78, 5) is 17.0. The summed E-state index contributed by atoms with van der Waals surface area (Å²) in [6.07, 6.45) is -1.67. The fraction of sp³-hybridized carbons (Fsp3) is 0.476. The smallest absolute Gasteiger partial charge is 0.396 e. The maximum absolute atomic E-state index is 13.6. The number of hydrogen-bond acceptors (Lipinski definition) is 3. The molecular weight excluding hydrogens is 383 g/mol. The molecule has 1 amide bonds. The Morgan fingerprint density at radius 2 is 2.17 bits per heavy atom. The molecule has 1 aliphatic carbocycles. The molecule has 2 aliphatic rings. The SMILES string of the molecule is CCC(CO)C(=O)NC1C=C2c3cccc4[nH]c(C(F)(F)F)c(c34)C[C@H]2N(C)C1. The lowest BCUT2D eigenvalue weighted by atomic mass is 9.80. The van der Waals surface area contributed by atoms with Crippen molar-refractivity contribution in [3.05, 3.63) is 41.1 Å². The Morgan fingerprint density at radius 1 is 1.41 bits per heavy atom. The molecule has 8 heteroatoms. The molecule has 1 aliphatic heterocycles. The van der Waals surface area contributed by atoms with Crippen LogP contribution >= 0.6 is 0 Å². The van der Waals surface area contributed by atoms with Gasteiger partial charge in [-0.1, -0.05) is 25.1 Å². The van der Waals surface area contributed by atoms with Crippen LogP contribution in [0.2, 0.25) is 0 Å². The Hall–Kier alpha value is -2.32. The van der Waals surface area contributed by atoms with E-state index >= 15 is 0 Å². The number of aromatic nitrogens is 1. The Labute approximate surface area is 166 Å². The normalized spacial score (nSPS) is 22.9. The number of hydrogen-bond donors (Lipinski definition) is 3. The molecule has 0 fully saturated rings. The first-order chi connectivity index (χ1) is 13.7. The number of H-pyrrole nitrogens is 1. The molecule has 1 aromatic carbocycles. The zero-order chi connectivity index (χ0) is 20.9. The predicted molar refractivity (Wildman–Crippen MR) is 104 cm³/mol. The van der Waals surface area contributed by atoms with Gasteiger partial charge in [0.1, 0.15) is 5.69 Å². The van der Waals surface area contributed by atoms with Gasteiger partial charge in [-0.25, -0.2) is 0 Å². The Balaban J connectivity index is 1.76. The summed E-state index contributed by atoms with van der Waals surface area (Å²) in [5, 5.41) is 12.9. The van der Waals surface area contributed by atoms with Gasteiger partial charge in [-0.2, -0.15) is 13.2 Å². The van der Waals surface area contributed by atoms with Crippen molar-refractivity contribution in [3.63, 3.8) is 0 Å². The summed E-state index contributed by atoms with van der Waals surface area (Å²) in [6, 6.07) is 4.81. The van der Waals surface area contributed by atoms with Crippen LogP contribution in [0, 0.1) is 5.92 Å². The van der Waals surface area contributed by atoms with Gasteiger partial charge in [-0.3, -0.25) is 9.69 Å². The maximum atomic E-state index is 13.6. The second-order valence-corrected chi connectivity index (χ2v) is 7.89. The van der Waals surface area contributed by atoms with Crippen molar-refractivity contribution in [1.29, 1.82) is 0 Å². The summed E-state index contributed by atoms with van der Waals surface area (Å²) >= 11 is 0. The highest BCUT2D eigenvalue weighted by Gasteiger charge is 2.41. The predicted octanol–water partition coefficient (Wildman–Crippen LogP) is 2.94. The number of benzene rings is 1. The van der Waals surface area contributed by atoms with E-state index in [1.807, 2.05) is 31.0 Å². The van der Waals surface area contributed by atoms with E-state index in [2.05, 4.69) is 10.3 Å². The molecule has 156 valence electrons. The second-order valence-electron chi connectivity index (χ2n) is 7.89. The third-order valence-electron chi connectivity index (χ3n) is 6.09. The summed E-state index contributed by atoms with van der Waals surface area (Å²) in [6.45, 7) is 2.13. The van der Waals surface area contributed by atoms with Gasteiger partial charge in [0.15, 0.2) is 0 Å². The van der Waals surface area contributed by atoms with Crippen molar-refractivity contribution in [1.82, 2.24) is 15.2 Å². The van der Waals surface area contributed by atoms with E-state index in [0.29, 0.717) is 29.4 Å². The van der Waals surface area contributed by atoms with Gasteiger partial charge in [0.25, 0.3) is 0 Å². The minimum absolute atomic E-state index is 0.182. The highest BCUT2D eigenvalue weighted by Crippen LogP contribution is 2.45. The fourth-order valence-corrected chi connectivity index (χ4v) is 4.57. The van der Waals surface area contributed by atoms with Gasteiger partial charge in [0.05, 0.1) is 18.6 Å². The average molecular weight is 407 g/mol. The molecule has 0 radical (unpaired) electrons. The molecule has 0 spiro atoms. The van der Waals surface area contributed by atoms with Crippen LogP contribution in [-0.4, -0.2) is 53.2 Å². The van der Waals surface area contributed by atoms with Crippen molar-refractivity contribution in [2.24, 2.45) is 5.92 Å². The fourth-order valence-electron chi connectivity index (χ4n) is 4.57. The zero-order valence-electron chi connectivity index (χ0n) is 16.3. The number of likely N-dealkylation sites (N-methyl/N-ethyl adjacent to an activating group) is 1. The number of halogens is 3. The maximum Gasteiger partial charge on any atom is 0.431 e. The number of amides is 1. The van der Waals surface area contributed by atoms with Crippen molar-refractivity contribution >= 4 is 22.4 Å². The van der Waals surface area contributed by atoms with Crippen molar-refractivity contribution in [2.45, 2.75) is 38.0 Å². The minimum atomic E-state index is -4.43. The molecule has 29 heavy (non-hydrogen) atoms. The summed E-state index contributed by atoms with van der Waals surface area (Å²) in [5.74, 6) is -0.670. The molecule has 4 rings (SSSR count). The van der Waals surface area contributed by atoms with E-state index in [0.717, 1.165) is 11.1 Å². The lowest BCUT2D eigenvalue weighted by molar-refractivity contribution is -0.141. The van der Waals surface area contributed by atoms with E-state index in [1.165, 1.54) is 0 Å². The van der Waals surface area contributed by atoms with Crippen LogP contribution in [0.1, 0.15) is 30.2 Å².